The van der Waals surface area contributed by atoms with Gasteiger partial charge >= 0.3 is 0 Å². The van der Waals surface area contributed by atoms with Gasteiger partial charge in [-0.25, -0.2) is 4.98 Å². The van der Waals surface area contributed by atoms with Gasteiger partial charge in [-0.3, -0.25) is 4.98 Å². The molecule has 2 N–H and O–H groups in total. The number of hydrogen-bond donors (Lipinski definition) is 1. The minimum Gasteiger partial charge on any atom is -0.320 e. The van der Waals surface area contributed by atoms with E-state index >= 15 is 0 Å². The van der Waals surface area contributed by atoms with Crippen LogP contribution in [-0.2, 0) is 5.54 Å². The smallest absolute Gasteiger partial charge is 0.0889 e. The molecule has 0 amide bonds. The Morgan fingerprint density at radius 1 is 1.21 bits per heavy atom. The maximum absolute atomic E-state index is 6.08. The van der Waals surface area contributed by atoms with Crippen LogP contribution in [0.15, 0.2) is 30.6 Å². The second-order valence-corrected chi connectivity index (χ2v) is 3.92. The van der Waals surface area contributed by atoms with Gasteiger partial charge in [0, 0.05) is 11.6 Å². The van der Waals surface area contributed by atoms with E-state index in [9.17, 15) is 0 Å². The molecule has 0 aromatic carbocycles. The highest BCUT2D eigenvalue weighted by Gasteiger charge is 2.41. The third-order valence-corrected chi connectivity index (χ3v) is 2.79. The first kappa shape index (κ1) is 7.88. The molecule has 1 saturated carbocycles. The van der Waals surface area contributed by atoms with Crippen molar-refractivity contribution in [2.24, 2.45) is 5.73 Å². The van der Waals surface area contributed by atoms with E-state index in [-0.39, 0.29) is 5.54 Å². The lowest BCUT2D eigenvalue weighted by Gasteiger charge is -2.08. The van der Waals surface area contributed by atoms with Gasteiger partial charge in [-0.15, -0.1) is 0 Å². The van der Waals surface area contributed by atoms with Crippen molar-refractivity contribution in [2.45, 2.75) is 18.4 Å². The average molecular weight is 185 g/mol. The number of aromatic nitrogens is 2. The Bertz CT molecular complexity index is 489. The zero-order chi connectivity index (χ0) is 9.60. The third kappa shape index (κ3) is 1.09. The minimum atomic E-state index is -0.149. The Kier molecular flexibility index (Phi) is 1.42. The maximum atomic E-state index is 6.08. The predicted molar refractivity (Wildman–Crippen MR) is 54.6 cm³/mol. The molecule has 0 saturated heterocycles. The van der Waals surface area contributed by atoms with Gasteiger partial charge in [0.15, 0.2) is 0 Å². The summed E-state index contributed by atoms with van der Waals surface area (Å²) in [4.78, 5) is 8.57. The van der Waals surface area contributed by atoms with Crippen LogP contribution in [-0.4, -0.2) is 9.97 Å². The quantitative estimate of drug-likeness (QED) is 0.733. The molecule has 0 aliphatic heterocycles. The van der Waals surface area contributed by atoms with Crippen LogP contribution in [0.4, 0.5) is 0 Å². The standard InChI is InChI=1S/C11H11N3/c12-11(4-5-11)10-2-1-8-3-6-13-7-9(8)14-10/h1-3,6-7H,4-5,12H2. The molecule has 70 valence electrons. The molecular formula is C11H11N3. The van der Waals surface area contributed by atoms with Gasteiger partial charge in [0.2, 0.25) is 0 Å². The number of pyridine rings is 2. The monoisotopic (exact) mass is 185 g/mol. The van der Waals surface area contributed by atoms with E-state index in [0.29, 0.717) is 0 Å². The van der Waals surface area contributed by atoms with E-state index in [2.05, 4.69) is 16.0 Å². The van der Waals surface area contributed by atoms with Gasteiger partial charge in [-0.2, -0.15) is 0 Å². The van der Waals surface area contributed by atoms with Crippen molar-refractivity contribution < 1.29 is 0 Å². The van der Waals surface area contributed by atoms with Gasteiger partial charge in [0.05, 0.1) is 22.9 Å². The summed E-state index contributed by atoms with van der Waals surface area (Å²) in [6.07, 6.45) is 5.65. The van der Waals surface area contributed by atoms with E-state index < -0.39 is 0 Å². The molecule has 3 heteroatoms. The summed E-state index contributed by atoms with van der Waals surface area (Å²) in [6, 6.07) is 6.05. The molecule has 0 atom stereocenters. The fourth-order valence-electron chi connectivity index (χ4n) is 1.64. The molecule has 0 radical (unpaired) electrons. The molecule has 0 unspecified atom stereocenters. The summed E-state index contributed by atoms with van der Waals surface area (Å²) < 4.78 is 0. The number of fused-ring (bicyclic) bond motifs is 1. The molecule has 0 bridgehead atoms. The van der Waals surface area contributed by atoms with Crippen molar-refractivity contribution in [1.82, 2.24) is 9.97 Å². The lowest BCUT2D eigenvalue weighted by Crippen LogP contribution is -2.20. The highest BCUT2D eigenvalue weighted by molar-refractivity contribution is 5.77. The summed E-state index contributed by atoms with van der Waals surface area (Å²) in [5, 5.41) is 1.12. The van der Waals surface area contributed by atoms with Crippen LogP contribution in [0.5, 0.6) is 0 Å². The first-order valence-electron chi connectivity index (χ1n) is 4.78. The van der Waals surface area contributed by atoms with Crippen molar-refractivity contribution in [2.75, 3.05) is 0 Å². The van der Waals surface area contributed by atoms with Gasteiger partial charge in [0.1, 0.15) is 0 Å². The van der Waals surface area contributed by atoms with Gasteiger partial charge < -0.3 is 5.73 Å². The van der Waals surface area contributed by atoms with Crippen LogP contribution >= 0.6 is 0 Å². The maximum Gasteiger partial charge on any atom is 0.0889 e. The van der Waals surface area contributed by atoms with E-state index in [0.717, 1.165) is 29.4 Å². The number of hydrogen-bond acceptors (Lipinski definition) is 3. The fraction of sp³-hybridized carbons (Fsp3) is 0.273. The van der Waals surface area contributed by atoms with Gasteiger partial charge in [0.25, 0.3) is 0 Å². The second-order valence-electron chi connectivity index (χ2n) is 3.92. The first-order chi connectivity index (χ1) is 6.78. The second kappa shape index (κ2) is 2.51. The molecule has 2 aromatic heterocycles. The average Bonchev–Trinajstić information content (AvgIpc) is 2.97. The fourth-order valence-corrected chi connectivity index (χ4v) is 1.64. The number of nitrogens with two attached hydrogens (primary N) is 1. The summed E-state index contributed by atoms with van der Waals surface area (Å²) in [5.74, 6) is 0. The zero-order valence-electron chi connectivity index (χ0n) is 7.77. The molecule has 1 fully saturated rings. The molecule has 14 heavy (non-hydrogen) atoms. The highest BCUT2D eigenvalue weighted by atomic mass is 14.9. The third-order valence-electron chi connectivity index (χ3n) is 2.79. The normalized spacial score (nSPS) is 18.4. The van der Waals surface area contributed by atoms with Crippen LogP contribution in [0.2, 0.25) is 0 Å². The van der Waals surface area contributed by atoms with Crippen LogP contribution in [0.25, 0.3) is 10.9 Å². The summed E-state index contributed by atoms with van der Waals surface area (Å²) in [7, 11) is 0. The van der Waals surface area contributed by atoms with E-state index in [1.165, 1.54) is 0 Å². The Labute approximate surface area is 82.0 Å². The molecule has 3 rings (SSSR count). The SMILES string of the molecule is NC1(c2ccc3ccncc3n2)CC1. The lowest BCUT2D eigenvalue weighted by atomic mass is 10.1. The largest absolute Gasteiger partial charge is 0.320 e. The molecule has 1 aliphatic rings. The van der Waals surface area contributed by atoms with Gasteiger partial charge in [-0.1, -0.05) is 6.07 Å². The van der Waals surface area contributed by atoms with Crippen molar-refractivity contribution in [1.29, 1.82) is 0 Å². The predicted octanol–water partition coefficient (Wildman–Crippen LogP) is 1.58. The zero-order valence-corrected chi connectivity index (χ0v) is 7.77. The van der Waals surface area contributed by atoms with Crippen LogP contribution in [0.1, 0.15) is 18.5 Å². The van der Waals surface area contributed by atoms with E-state index in [1.807, 2.05) is 12.1 Å². The van der Waals surface area contributed by atoms with Crippen molar-refractivity contribution in [3.05, 3.63) is 36.3 Å². The molecule has 1 aliphatic carbocycles. The molecule has 3 nitrogen and oxygen atoms in total. The van der Waals surface area contributed by atoms with Crippen LogP contribution < -0.4 is 5.73 Å². The van der Waals surface area contributed by atoms with E-state index in [1.54, 1.807) is 12.4 Å². The molecule has 0 spiro atoms. The van der Waals surface area contributed by atoms with Crippen molar-refractivity contribution >= 4 is 10.9 Å². The van der Waals surface area contributed by atoms with Crippen molar-refractivity contribution in [3.63, 3.8) is 0 Å². The highest BCUT2D eigenvalue weighted by Crippen LogP contribution is 2.41. The van der Waals surface area contributed by atoms with E-state index in [4.69, 9.17) is 5.73 Å². The minimum absolute atomic E-state index is 0.149. The summed E-state index contributed by atoms with van der Waals surface area (Å²) >= 11 is 0. The van der Waals surface area contributed by atoms with Crippen LogP contribution in [0, 0.1) is 0 Å². The van der Waals surface area contributed by atoms with Crippen molar-refractivity contribution in [3.8, 4) is 0 Å². The molecule has 2 heterocycles. The topological polar surface area (TPSA) is 51.8 Å². The lowest BCUT2D eigenvalue weighted by molar-refractivity contribution is 0.712. The Balaban J connectivity index is 2.20. The number of rotatable bonds is 1. The van der Waals surface area contributed by atoms with Crippen LogP contribution in [0.3, 0.4) is 0 Å². The van der Waals surface area contributed by atoms with Gasteiger partial charge in [-0.05, 0) is 25.0 Å². The Hall–Kier alpha value is -1.48. The summed E-state index contributed by atoms with van der Waals surface area (Å²) in [5.41, 5.74) is 7.86. The summed E-state index contributed by atoms with van der Waals surface area (Å²) in [6.45, 7) is 0. The first-order valence-corrected chi connectivity index (χ1v) is 4.78. The number of nitrogens with zero attached hydrogens (tertiary/aromatic N) is 2. The molecule has 2 aromatic rings. The Morgan fingerprint density at radius 3 is 2.86 bits per heavy atom. The molecular weight excluding hydrogens is 174 g/mol. The Morgan fingerprint density at radius 2 is 2.07 bits per heavy atom.